The van der Waals surface area contributed by atoms with Crippen molar-refractivity contribution >= 4 is 23.1 Å². The summed E-state index contributed by atoms with van der Waals surface area (Å²) in [5.74, 6) is 0.680. The first-order valence-corrected chi connectivity index (χ1v) is 6.24. The number of nitrogens with one attached hydrogen (secondary N) is 1. The van der Waals surface area contributed by atoms with Crippen LogP contribution in [0.25, 0.3) is 0 Å². The quantitative estimate of drug-likeness (QED) is 0.888. The number of nitrogen functional groups attached to an aromatic ring is 1. The van der Waals surface area contributed by atoms with Crippen LogP contribution in [-0.4, -0.2) is 11.5 Å². The van der Waals surface area contributed by atoms with E-state index in [1.807, 2.05) is 6.07 Å². The maximum atomic E-state index is 6.04. The SMILES string of the molecule is Cc1ccccc1CCNc1ncc(N)cc1Cl. The van der Waals surface area contributed by atoms with Gasteiger partial charge in [-0.2, -0.15) is 0 Å². The number of aromatic nitrogens is 1. The van der Waals surface area contributed by atoms with Crippen molar-refractivity contribution in [1.82, 2.24) is 4.98 Å². The number of hydrogen-bond donors (Lipinski definition) is 2. The Hall–Kier alpha value is -1.74. The van der Waals surface area contributed by atoms with Gasteiger partial charge in [-0.1, -0.05) is 35.9 Å². The van der Waals surface area contributed by atoms with Crippen LogP contribution >= 0.6 is 11.6 Å². The monoisotopic (exact) mass is 261 g/mol. The average molecular weight is 262 g/mol. The second-order valence-electron chi connectivity index (χ2n) is 4.20. The molecule has 0 fully saturated rings. The zero-order valence-corrected chi connectivity index (χ0v) is 11.0. The molecule has 0 radical (unpaired) electrons. The lowest BCUT2D eigenvalue weighted by atomic mass is 10.1. The van der Waals surface area contributed by atoms with E-state index in [-0.39, 0.29) is 0 Å². The Morgan fingerprint density at radius 2 is 2.11 bits per heavy atom. The van der Waals surface area contributed by atoms with Crippen molar-refractivity contribution in [3.8, 4) is 0 Å². The number of pyridine rings is 1. The molecule has 0 spiro atoms. The van der Waals surface area contributed by atoms with Crippen molar-refractivity contribution in [2.24, 2.45) is 0 Å². The zero-order valence-electron chi connectivity index (χ0n) is 10.3. The Balaban J connectivity index is 1.95. The number of aryl methyl sites for hydroxylation is 1. The molecule has 3 N–H and O–H groups in total. The third-order valence-corrected chi connectivity index (χ3v) is 3.10. The van der Waals surface area contributed by atoms with Gasteiger partial charge in [0.1, 0.15) is 5.82 Å². The third kappa shape index (κ3) is 3.14. The number of nitrogens with two attached hydrogens (primary N) is 1. The second kappa shape index (κ2) is 5.74. The molecule has 0 aliphatic heterocycles. The van der Waals surface area contributed by atoms with Gasteiger partial charge in [-0.15, -0.1) is 0 Å². The minimum absolute atomic E-state index is 0.555. The lowest BCUT2D eigenvalue weighted by Gasteiger charge is -2.09. The van der Waals surface area contributed by atoms with Crippen LogP contribution in [0.5, 0.6) is 0 Å². The van der Waals surface area contributed by atoms with Crippen molar-refractivity contribution in [3.05, 3.63) is 52.7 Å². The van der Waals surface area contributed by atoms with Crippen molar-refractivity contribution in [1.29, 1.82) is 0 Å². The second-order valence-corrected chi connectivity index (χ2v) is 4.61. The molecule has 1 aromatic carbocycles. The van der Waals surface area contributed by atoms with Gasteiger partial charge in [0, 0.05) is 6.54 Å². The molecule has 0 atom stereocenters. The molecule has 0 aliphatic rings. The lowest BCUT2D eigenvalue weighted by Crippen LogP contribution is -2.07. The van der Waals surface area contributed by atoms with Crippen LogP contribution in [-0.2, 0) is 6.42 Å². The van der Waals surface area contributed by atoms with E-state index in [4.69, 9.17) is 17.3 Å². The maximum absolute atomic E-state index is 6.04. The molecule has 0 amide bonds. The van der Waals surface area contributed by atoms with E-state index < -0.39 is 0 Å². The van der Waals surface area contributed by atoms with Gasteiger partial charge < -0.3 is 11.1 Å². The fraction of sp³-hybridized carbons (Fsp3) is 0.214. The highest BCUT2D eigenvalue weighted by Crippen LogP contribution is 2.21. The lowest BCUT2D eigenvalue weighted by molar-refractivity contribution is 0.994. The van der Waals surface area contributed by atoms with Crippen LogP contribution in [0.2, 0.25) is 5.02 Å². The van der Waals surface area contributed by atoms with Gasteiger partial charge in [0.15, 0.2) is 0 Å². The molecule has 1 heterocycles. The molecule has 3 nitrogen and oxygen atoms in total. The fourth-order valence-electron chi connectivity index (χ4n) is 1.79. The minimum Gasteiger partial charge on any atom is -0.397 e. The standard InChI is InChI=1S/C14H16ClN3/c1-10-4-2-3-5-11(10)6-7-17-14-13(15)8-12(16)9-18-14/h2-5,8-9H,6-7,16H2,1H3,(H,17,18). The van der Waals surface area contributed by atoms with Gasteiger partial charge >= 0.3 is 0 Å². The molecule has 0 unspecified atom stereocenters. The number of rotatable bonds is 4. The molecular formula is C14H16ClN3. The first-order valence-electron chi connectivity index (χ1n) is 5.86. The molecule has 0 aliphatic carbocycles. The summed E-state index contributed by atoms with van der Waals surface area (Å²) in [5, 5.41) is 3.77. The summed E-state index contributed by atoms with van der Waals surface area (Å²) in [4.78, 5) is 4.16. The van der Waals surface area contributed by atoms with E-state index in [1.165, 1.54) is 11.1 Å². The molecule has 2 rings (SSSR count). The first kappa shape index (κ1) is 12.7. The molecular weight excluding hydrogens is 246 g/mol. The smallest absolute Gasteiger partial charge is 0.144 e. The molecule has 2 aromatic rings. The van der Waals surface area contributed by atoms with E-state index in [1.54, 1.807) is 12.3 Å². The number of halogens is 1. The Morgan fingerprint density at radius 1 is 1.33 bits per heavy atom. The highest BCUT2D eigenvalue weighted by Gasteiger charge is 2.02. The largest absolute Gasteiger partial charge is 0.397 e. The van der Waals surface area contributed by atoms with Crippen LogP contribution in [0, 0.1) is 6.92 Å². The van der Waals surface area contributed by atoms with Gasteiger partial charge in [0.25, 0.3) is 0 Å². The molecule has 4 heteroatoms. The molecule has 0 bridgehead atoms. The maximum Gasteiger partial charge on any atom is 0.144 e. The summed E-state index contributed by atoms with van der Waals surface area (Å²) >= 11 is 6.04. The van der Waals surface area contributed by atoms with E-state index in [0.29, 0.717) is 16.5 Å². The third-order valence-electron chi connectivity index (χ3n) is 2.81. The van der Waals surface area contributed by atoms with Gasteiger partial charge in [0.2, 0.25) is 0 Å². The zero-order chi connectivity index (χ0) is 13.0. The number of hydrogen-bond acceptors (Lipinski definition) is 3. The summed E-state index contributed by atoms with van der Waals surface area (Å²) in [6.45, 7) is 2.91. The number of benzene rings is 1. The van der Waals surface area contributed by atoms with Crippen LogP contribution in [0.1, 0.15) is 11.1 Å². The van der Waals surface area contributed by atoms with E-state index in [2.05, 4.69) is 35.4 Å². The molecule has 18 heavy (non-hydrogen) atoms. The summed E-state index contributed by atoms with van der Waals surface area (Å²) < 4.78 is 0. The van der Waals surface area contributed by atoms with E-state index >= 15 is 0 Å². The van der Waals surface area contributed by atoms with Gasteiger partial charge in [0.05, 0.1) is 16.9 Å². The van der Waals surface area contributed by atoms with Crippen molar-refractivity contribution in [2.45, 2.75) is 13.3 Å². The molecule has 1 aromatic heterocycles. The normalized spacial score (nSPS) is 10.3. The first-order chi connectivity index (χ1) is 8.66. The number of anilines is 2. The summed E-state index contributed by atoms with van der Waals surface area (Å²) in [7, 11) is 0. The predicted molar refractivity (Wildman–Crippen MR) is 77.0 cm³/mol. The van der Waals surface area contributed by atoms with Crippen molar-refractivity contribution in [3.63, 3.8) is 0 Å². The number of nitrogens with zero attached hydrogens (tertiary/aromatic N) is 1. The Labute approximate surface area is 112 Å². The topological polar surface area (TPSA) is 50.9 Å². The van der Waals surface area contributed by atoms with Gasteiger partial charge in [-0.05, 0) is 30.5 Å². The Bertz CT molecular complexity index is 540. The van der Waals surface area contributed by atoms with E-state index in [0.717, 1.165) is 13.0 Å². The highest BCUT2D eigenvalue weighted by atomic mass is 35.5. The Kier molecular flexibility index (Phi) is 4.05. The van der Waals surface area contributed by atoms with Crippen LogP contribution in [0.3, 0.4) is 0 Å². The average Bonchev–Trinajstić information content (AvgIpc) is 2.34. The van der Waals surface area contributed by atoms with Crippen LogP contribution in [0.15, 0.2) is 36.5 Å². The summed E-state index contributed by atoms with van der Waals surface area (Å²) in [6, 6.07) is 10.0. The van der Waals surface area contributed by atoms with Crippen LogP contribution < -0.4 is 11.1 Å². The van der Waals surface area contributed by atoms with Gasteiger partial charge in [-0.3, -0.25) is 0 Å². The molecule has 94 valence electrons. The van der Waals surface area contributed by atoms with E-state index in [9.17, 15) is 0 Å². The van der Waals surface area contributed by atoms with Crippen LogP contribution in [0.4, 0.5) is 11.5 Å². The minimum atomic E-state index is 0.555. The van der Waals surface area contributed by atoms with Gasteiger partial charge in [-0.25, -0.2) is 4.98 Å². The summed E-state index contributed by atoms with van der Waals surface area (Å²) in [5.41, 5.74) is 8.80. The van der Waals surface area contributed by atoms with Crippen molar-refractivity contribution < 1.29 is 0 Å². The predicted octanol–water partition coefficient (Wildman–Crippen LogP) is 3.28. The summed E-state index contributed by atoms with van der Waals surface area (Å²) in [6.07, 6.45) is 2.54. The van der Waals surface area contributed by atoms with Crippen molar-refractivity contribution in [2.75, 3.05) is 17.6 Å². The highest BCUT2D eigenvalue weighted by molar-refractivity contribution is 6.33. The molecule has 0 saturated carbocycles. The fourth-order valence-corrected chi connectivity index (χ4v) is 2.03. The Morgan fingerprint density at radius 3 is 2.83 bits per heavy atom. The molecule has 0 saturated heterocycles.